The lowest BCUT2D eigenvalue weighted by Gasteiger charge is -2.15. The Morgan fingerprint density at radius 1 is 1.33 bits per heavy atom. The van der Waals surface area contributed by atoms with Crippen molar-refractivity contribution in [3.63, 3.8) is 0 Å². The Morgan fingerprint density at radius 2 is 2.13 bits per heavy atom. The van der Waals surface area contributed by atoms with Gasteiger partial charge in [-0.3, -0.25) is 4.79 Å². The Balaban J connectivity index is 0.00000181. The van der Waals surface area contributed by atoms with Crippen molar-refractivity contribution in [3.8, 4) is 11.4 Å². The quantitative estimate of drug-likeness (QED) is 0.409. The van der Waals surface area contributed by atoms with Crippen LogP contribution in [0.4, 0.5) is 10.2 Å². The van der Waals surface area contributed by atoms with Gasteiger partial charge in [0.1, 0.15) is 11.7 Å². The molecule has 0 spiro atoms. The molecular formula is C20H25ClFN7O. The monoisotopic (exact) mass is 433 g/mol. The van der Waals surface area contributed by atoms with Gasteiger partial charge in [-0.1, -0.05) is 11.6 Å². The number of anilines is 1. The molecule has 160 valence electrons. The molecule has 1 amide bonds. The van der Waals surface area contributed by atoms with Gasteiger partial charge in [0.25, 0.3) is 0 Å². The van der Waals surface area contributed by atoms with Crippen LogP contribution in [0.3, 0.4) is 0 Å². The second-order valence-corrected chi connectivity index (χ2v) is 7.16. The predicted octanol–water partition coefficient (Wildman–Crippen LogP) is 3.97. The van der Waals surface area contributed by atoms with Gasteiger partial charge in [-0.2, -0.15) is 0 Å². The summed E-state index contributed by atoms with van der Waals surface area (Å²) in [6.07, 6.45) is 8.11. The fourth-order valence-corrected chi connectivity index (χ4v) is 3.17. The van der Waals surface area contributed by atoms with Crippen molar-refractivity contribution in [1.82, 2.24) is 29.8 Å². The zero-order valence-corrected chi connectivity index (χ0v) is 16.8. The van der Waals surface area contributed by atoms with Crippen molar-refractivity contribution in [2.24, 2.45) is 0 Å². The molecule has 4 heterocycles. The molecule has 3 N–H and O–H groups in total. The Morgan fingerprint density at radius 3 is 2.93 bits per heavy atom. The van der Waals surface area contributed by atoms with Crippen molar-refractivity contribution < 1.29 is 13.5 Å². The van der Waals surface area contributed by atoms with Crippen LogP contribution in [0.1, 0.15) is 11.2 Å². The molecule has 0 saturated heterocycles. The van der Waals surface area contributed by atoms with Crippen LogP contribution in [0.25, 0.3) is 22.4 Å². The Kier molecular flexibility index (Phi) is 5.62. The molecule has 0 aliphatic rings. The molecule has 0 aliphatic heterocycles. The van der Waals surface area contributed by atoms with E-state index in [1.54, 1.807) is 19.2 Å². The number of aromatic nitrogens is 5. The molecule has 0 bridgehead atoms. The summed E-state index contributed by atoms with van der Waals surface area (Å²) in [5, 5.41) is 6.82. The minimum Gasteiger partial charge on any atom is -0.356 e. The van der Waals surface area contributed by atoms with Crippen molar-refractivity contribution >= 4 is 34.4 Å². The van der Waals surface area contributed by atoms with Gasteiger partial charge in [0, 0.05) is 53.1 Å². The number of amides is 1. The maximum atomic E-state index is 14.3. The molecule has 0 unspecified atom stereocenters. The van der Waals surface area contributed by atoms with E-state index in [-0.39, 0.29) is 21.8 Å². The summed E-state index contributed by atoms with van der Waals surface area (Å²) >= 11 is 6.03. The number of carbonyl (C=O) groups is 1. The van der Waals surface area contributed by atoms with Gasteiger partial charge >= 0.3 is 0 Å². The Hall–Kier alpha value is -3.46. The smallest absolute Gasteiger partial charge is 0.242 e. The first kappa shape index (κ1) is 19.8. The molecule has 0 aromatic carbocycles. The molecule has 0 radical (unpaired) electrons. The van der Waals surface area contributed by atoms with Crippen molar-refractivity contribution in [2.75, 3.05) is 11.9 Å². The topological polar surface area (TPSA) is 101 Å². The van der Waals surface area contributed by atoms with E-state index in [0.717, 1.165) is 11.6 Å². The van der Waals surface area contributed by atoms with E-state index < -0.39 is 11.9 Å². The zero-order chi connectivity index (χ0) is 21.1. The van der Waals surface area contributed by atoms with E-state index in [0.29, 0.717) is 29.3 Å². The van der Waals surface area contributed by atoms with Crippen molar-refractivity contribution in [2.45, 2.75) is 19.5 Å². The van der Waals surface area contributed by atoms with E-state index in [1.165, 1.54) is 6.20 Å². The predicted molar refractivity (Wildman–Crippen MR) is 119 cm³/mol. The average molecular weight is 434 g/mol. The third-order valence-corrected chi connectivity index (χ3v) is 4.77. The van der Waals surface area contributed by atoms with Gasteiger partial charge in [0.2, 0.25) is 5.91 Å². The van der Waals surface area contributed by atoms with Gasteiger partial charge < -0.3 is 20.2 Å². The molecule has 8 nitrogen and oxygen atoms in total. The second-order valence-electron chi connectivity index (χ2n) is 6.72. The maximum absolute atomic E-state index is 14.3. The minimum absolute atomic E-state index is 0. The number of hydrogen-bond acceptors (Lipinski definition) is 5. The molecule has 0 fully saturated rings. The first-order valence-electron chi connectivity index (χ1n) is 9.32. The van der Waals surface area contributed by atoms with Gasteiger partial charge in [-0.15, -0.1) is 0 Å². The first-order chi connectivity index (χ1) is 14.5. The van der Waals surface area contributed by atoms with E-state index in [2.05, 4.69) is 30.6 Å². The number of nitrogens with zero attached hydrogens (tertiary/aromatic N) is 4. The SMILES string of the molecule is C[C@H](Nc1nc(-c2c[nH]c3ncc(Cl)cc23)ncc1F)C(=O)NCCn1cccc1.[HH].[HH].[HH]. The Bertz CT molecular complexity index is 1190. The highest BCUT2D eigenvalue weighted by Gasteiger charge is 2.18. The summed E-state index contributed by atoms with van der Waals surface area (Å²) in [6, 6.07) is 4.88. The number of hydrogen-bond donors (Lipinski definition) is 3. The lowest BCUT2D eigenvalue weighted by atomic mass is 10.2. The number of nitrogens with one attached hydrogen (secondary N) is 3. The van der Waals surface area contributed by atoms with Gasteiger partial charge in [-0.25, -0.2) is 19.3 Å². The van der Waals surface area contributed by atoms with Gasteiger partial charge in [0.05, 0.1) is 11.2 Å². The summed E-state index contributed by atoms with van der Waals surface area (Å²) in [6.45, 7) is 2.75. The summed E-state index contributed by atoms with van der Waals surface area (Å²) in [5.41, 5.74) is 1.25. The minimum atomic E-state index is -0.689. The lowest BCUT2D eigenvalue weighted by molar-refractivity contribution is -0.121. The molecule has 10 heteroatoms. The summed E-state index contributed by atoms with van der Waals surface area (Å²) < 4.78 is 16.2. The van der Waals surface area contributed by atoms with E-state index >= 15 is 0 Å². The average Bonchev–Trinajstić information content (AvgIpc) is 3.39. The van der Waals surface area contributed by atoms with Crippen LogP contribution in [0.5, 0.6) is 0 Å². The fraction of sp³-hybridized carbons (Fsp3) is 0.200. The highest BCUT2D eigenvalue weighted by Crippen LogP contribution is 2.28. The molecule has 1 atom stereocenters. The summed E-state index contributed by atoms with van der Waals surface area (Å²) in [4.78, 5) is 27.9. The highest BCUT2D eigenvalue weighted by molar-refractivity contribution is 6.31. The van der Waals surface area contributed by atoms with Crippen molar-refractivity contribution in [1.29, 1.82) is 0 Å². The second kappa shape index (κ2) is 8.50. The third kappa shape index (κ3) is 4.25. The molecular weight excluding hydrogens is 409 g/mol. The molecule has 30 heavy (non-hydrogen) atoms. The summed E-state index contributed by atoms with van der Waals surface area (Å²) in [7, 11) is 0. The number of H-pyrrole nitrogens is 1. The van der Waals surface area contributed by atoms with E-state index in [9.17, 15) is 9.18 Å². The van der Waals surface area contributed by atoms with Crippen LogP contribution < -0.4 is 10.6 Å². The summed E-state index contributed by atoms with van der Waals surface area (Å²) in [5.74, 6) is -0.682. The van der Waals surface area contributed by atoms with E-state index in [1.807, 2.05) is 29.1 Å². The number of fused-ring (bicyclic) bond motifs is 1. The molecule has 4 rings (SSSR count). The maximum Gasteiger partial charge on any atom is 0.242 e. The number of halogens is 2. The Labute approximate surface area is 181 Å². The number of rotatable bonds is 7. The largest absolute Gasteiger partial charge is 0.356 e. The number of pyridine rings is 1. The molecule has 0 saturated carbocycles. The van der Waals surface area contributed by atoms with Crippen molar-refractivity contribution in [3.05, 3.63) is 60.0 Å². The van der Waals surface area contributed by atoms with Gasteiger partial charge in [0.15, 0.2) is 17.5 Å². The zero-order valence-electron chi connectivity index (χ0n) is 16.1. The van der Waals surface area contributed by atoms with Gasteiger partial charge in [-0.05, 0) is 25.1 Å². The van der Waals surface area contributed by atoms with Crippen LogP contribution in [-0.4, -0.2) is 43.0 Å². The molecule has 4 aromatic rings. The fourth-order valence-electron chi connectivity index (χ4n) is 3.01. The van der Waals surface area contributed by atoms with E-state index in [4.69, 9.17) is 11.6 Å². The van der Waals surface area contributed by atoms with Crippen LogP contribution >= 0.6 is 11.6 Å². The standard InChI is InChI=1S/C20H19ClFN7O.3H2/c1-12(20(30)23-4-7-29-5-2-3-6-29)27-19-16(22)11-26-18(28-19)15-10-25-17-14(15)8-13(21)9-24-17;;;/h2-3,5-6,8-12H,4,7H2,1H3,(H,23,30)(H,24,25)(H,26,27,28);3*1H/t12-;;;/m0.../s1. The molecule has 0 aliphatic carbocycles. The number of carbonyl (C=O) groups excluding carboxylic acids is 1. The third-order valence-electron chi connectivity index (χ3n) is 4.56. The van der Waals surface area contributed by atoms with Crippen LogP contribution in [-0.2, 0) is 11.3 Å². The van der Waals surface area contributed by atoms with Crippen LogP contribution in [0.2, 0.25) is 5.02 Å². The normalized spacial score (nSPS) is 12.1. The first-order valence-corrected chi connectivity index (χ1v) is 9.69. The number of aromatic amines is 1. The molecule has 4 aromatic heterocycles. The lowest BCUT2D eigenvalue weighted by Crippen LogP contribution is -2.39. The van der Waals surface area contributed by atoms with Crippen LogP contribution in [0.15, 0.2) is 49.2 Å². The highest BCUT2D eigenvalue weighted by atomic mass is 35.5. The van der Waals surface area contributed by atoms with Crippen LogP contribution in [0, 0.1) is 5.82 Å².